The number of allylic oxidation sites excluding steroid dienone is 2. The number of carbonyl (C=O) groups is 1. The predicted octanol–water partition coefficient (Wildman–Crippen LogP) is 8.26. The third-order valence-electron chi connectivity index (χ3n) is 5.60. The Balaban J connectivity index is 2.08. The van der Waals surface area contributed by atoms with Crippen LogP contribution in [0.4, 0.5) is 0 Å². The zero-order valence-electron chi connectivity index (χ0n) is 19.3. The van der Waals surface area contributed by atoms with Crippen LogP contribution in [0.5, 0.6) is 0 Å². The van der Waals surface area contributed by atoms with Gasteiger partial charge in [0.05, 0.1) is 9.99 Å². The number of aryl methyl sites for hydroxylation is 1. The summed E-state index contributed by atoms with van der Waals surface area (Å²) in [6.45, 7) is 2.26. The summed E-state index contributed by atoms with van der Waals surface area (Å²) < 4.78 is 22.9. The van der Waals surface area contributed by atoms with Crippen molar-refractivity contribution in [2.24, 2.45) is 0 Å². The third-order valence-corrected chi connectivity index (χ3v) is 7.60. The highest BCUT2D eigenvalue weighted by molar-refractivity contribution is 14.2. The van der Waals surface area contributed by atoms with Gasteiger partial charge >= 0.3 is 25.8 Å². The number of benzene rings is 1. The molecule has 0 fully saturated rings. The highest BCUT2D eigenvalue weighted by Crippen LogP contribution is 2.24. The number of aliphatic carboxylic acids is 1. The number of hydrogen-bond donors (Lipinski definition) is 1. The molecule has 0 aromatic heterocycles. The highest BCUT2D eigenvalue weighted by Gasteiger charge is 2.11. The van der Waals surface area contributed by atoms with Crippen molar-refractivity contribution in [1.82, 2.24) is 0 Å². The second-order valence-electron chi connectivity index (χ2n) is 8.40. The summed E-state index contributed by atoms with van der Waals surface area (Å²) in [4.78, 5) is 11.0. The van der Waals surface area contributed by atoms with Crippen molar-refractivity contribution in [3.8, 4) is 0 Å². The van der Waals surface area contributed by atoms with E-state index in [1.54, 1.807) is 12.1 Å². The number of halogens is 1. The average molecular weight is 545 g/mol. The fourth-order valence-electron chi connectivity index (χ4n) is 3.81. The van der Waals surface area contributed by atoms with Crippen LogP contribution in [0.2, 0.25) is 0 Å². The lowest BCUT2D eigenvalue weighted by Gasteiger charge is -2.06. The molecule has 0 aliphatic carbocycles. The molecule has 0 aliphatic heterocycles. The van der Waals surface area contributed by atoms with Crippen molar-refractivity contribution in [3.63, 3.8) is 0 Å². The van der Waals surface area contributed by atoms with E-state index in [0.717, 1.165) is 31.2 Å². The van der Waals surface area contributed by atoms with Crippen molar-refractivity contribution in [1.29, 1.82) is 0 Å². The van der Waals surface area contributed by atoms with Gasteiger partial charge in [-0.3, -0.25) is 4.79 Å². The molecule has 0 amide bonds. The van der Waals surface area contributed by atoms with Gasteiger partial charge in [0, 0.05) is 0 Å². The second kappa shape index (κ2) is 18.3. The van der Waals surface area contributed by atoms with E-state index in [1.807, 2.05) is 6.07 Å². The van der Waals surface area contributed by atoms with E-state index < -0.39 is 25.8 Å². The molecule has 1 rings (SSSR count). The van der Waals surface area contributed by atoms with Crippen molar-refractivity contribution in [3.05, 3.63) is 45.0 Å². The first-order chi connectivity index (χ1) is 15.0. The lowest BCUT2D eigenvalue weighted by molar-refractivity contribution is -0.136. The monoisotopic (exact) mass is 544 g/mol. The van der Waals surface area contributed by atoms with Gasteiger partial charge in [-0.1, -0.05) is 89.0 Å². The Morgan fingerprint density at radius 3 is 1.94 bits per heavy atom. The molecule has 0 bridgehead atoms. The normalized spacial score (nSPS) is 11.5. The van der Waals surface area contributed by atoms with Gasteiger partial charge < -0.3 is 5.11 Å². The molecule has 0 saturated carbocycles. The molecule has 0 saturated heterocycles. The van der Waals surface area contributed by atoms with Crippen LogP contribution in [0.1, 0.15) is 108 Å². The lowest BCUT2D eigenvalue weighted by Crippen LogP contribution is -2.03. The molecule has 1 aromatic carbocycles. The Hall–Kier alpha value is -1.24. The van der Waals surface area contributed by atoms with Gasteiger partial charge in [0.15, 0.2) is 0 Å². The quantitative estimate of drug-likeness (QED) is 0.108. The third kappa shape index (κ3) is 14.4. The van der Waals surface area contributed by atoms with Crippen LogP contribution in [0.25, 0.3) is 0 Å². The summed E-state index contributed by atoms with van der Waals surface area (Å²) in [5.41, 5.74) is 1.46. The Morgan fingerprint density at radius 1 is 0.839 bits per heavy atom. The molecule has 0 radical (unpaired) electrons. The molecule has 0 aliphatic rings. The minimum Gasteiger partial charge on any atom is -0.481 e. The molecule has 0 spiro atoms. The molecule has 0 atom stereocenters. The summed E-state index contributed by atoms with van der Waals surface area (Å²) in [7, 11) is 0. The first-order valence-electron chi connectivity index (χ1n) is 12.1. The Morgan fingerprint density at radius 2 is 1.39 bits per heavy atom. The number of carboxylic acids is 1. The smallest absolute Gasteiger partial charge is 0.341 e. The molecule has 1 N–H and O–H groups in total. The largest absolute Gasteiger partial charge is 0.481 e. The van der Waals surface area contributed by atoms with Crippen LogP contribution < -0.4 is 0 Å². The molecule has 0 heterocycles. The van der Waals surface area contributed by atoms with Crippen molar-refractivity contribution < 1.29 is 16.0 Å². The molecular formula is C26H41IO4. The van der Waals surface area contributed by atoms with Crippen molar-refractivity contribution in [2.75, 3.05) is 0 Å². The topological polar surface area (TPSA) is 71.4 Å². The molecule has 0 unspecified atom stereocenters. The van der Waals surface area contributed by atoms with Crippen LogP contribution in [-0.4, -0.2) is 11.1 Å². The number of hydrogen-bond acceptors (Lipinski definition) is 3. The molecule has 176 valence electrons. The minimum atomic E-state index is -3.66. The minimum absolute atomic E-state index is 0.217. The maximum Gasteiger partial charge on any atom is 0.341 e. The van der Waals surface area contributed by atoms with Gasteiger partial charge in [-0.15, -0.1) is 0 Å². The maximum absolute atomic E-state index is 11.4. The highest BCUT2D eigenvalue weighted by atomic mass is 127. The molecule has 31 heavy (non-hydrogen) atoms. The van der Waals surface area contributed by atoms with E-state index in [2.05, 4.69) is 19.1 Å². The van der Waals surface area contributed by atoms with Gasteiger partial charge in [0.2, 0.25) is 0 Å². The van der Waals surface area contributed by atoms with E-state index in [-0.39, 0.29) is 9.99 Å². The SMILES string of the molecule is CCCCCCCCCCC=CCCCCCCc1ccc(I(=O)=O)c(CC(=O)O)c1. The van der Waals surface area contributed by atoms with Crippen molar-refractivity contribution in [2.45, 2.75) is 110 Å². The Labute approximate surface area is 196 Å². The average Bonchev–Trinajstić information content (AvgIpc) is 2.73. The summed E-state index contributed by atoms with van der Waals surface area (Å²) in [5, 5.41) is 9.00. The van der Waals surface area contributed by atoms with E-state index in [4.69, 9.17) is 5.11 Å². The number of carboxylic acid groups (broad SMARTS) is 1. The maximum atomic E-state index is 11.4. The van der Waals surface area contributed by atoms with Gasteiger partial charge in [-0.05, 0) is 55.7 Å². The standard InChI is InChI=1S/C26H41IO4/c1-2-3-4-5-6-7-8-9-10-11-12-13-14-15-16-17-18-23-19-20-25(27(30)31)24(21-23)22-26(28)29/h11-12,19-21H,2-10,13-18,22H2,1H3,(H,28,29). The van der Waals surface area contributed by atoms with Crippen LogP contribution in [0.15, 0.2) is 30.4 Å². The van der Waals surface area contributed by atoms with Crippen molar-refractivity contribution >= 4 is 25.8 Å². The van der Waals surface area contributed by atoms with E-state index >= 15 is 0 Å². The molecule has 4 nitrogen and oxygen atoms in total. The van der Waals surface area contributed by atoms with Gasteiger partial charge in [0.25, 0.3) is 0 Å². The Kier molecular flexibility index (Phi) is 16.4. The summed E-state index contributed by atoms with van der Waals surface area (Å²) in [6.07, 6.45) is 23.2. The van der Waals surface area contributed by atoms with Crippen LogP contribution in [-0.2, 0) is 23.8 Å². The first kappa shape index (κ1) is 27.8. The summed E-state index contributed by atoms with van der Waals surface area (Å²) in [6, 6.07) is 5.17. The zero-order valence-corrected chi connectivity index (χ0v) is 21.4. The summed E-state index contributed by atoms with van der Waals surface area (Å²) in [5.74, 6) is -0.994. The van der Waals surface area contributed by atoms with Gasteiger partial charge in [-0.25, -0.2) is 6.14 Å². The Bertz CT molecular complexity index is 714. The first-order valence-corrected chi connectivity index (χ1v) is 14.9. The lowest BCUT2D eigenvalue weighted by atomic mass is 10.0. The van der Waals surface area contributed by atoms with Gasteiger partial charge in [0.1, 0.15) is 0 Å². The van der Waals surface area contributed by atoms with Crippen LogP contribution in [0, 0.1) is 3.57 Å². The van der Waals surface area contributed by atoms with Gasteiger partial charge in [-0.2, -0.15) is 0 Å². The fraction of sp³-hybridized carbons (Fsp3) is 0.654. The summed E-state index contributed by atoms with van der Waals surface area (Å²) >= 11 is -3.66. The van der Waals surface area contributed by atoms with E-state index in [0.29, 0.717) is 5.56 Å². The molecular weight excluding hydrogens is 503 g/mol. The molecule has 5 heteroatoms. The number of unbranched alkanes of at least 4 members (excludes halogenated alkanes) is 12. The van der Waals surface area contributed by atoms with Crippen LogP contribution >= 0.6 is 19.8 Å². The second-order valence-corrected chi connectivity index (χ2v) is 10.8. The van der Waals surface area contributed by atoms with Crippen LogP contribution in [0.3, 0.4) is 0 Å². The number of rotatable bonds is 19. The predicted molar refractivity (Wildman–Crippen MR) is 135 cm³/mol. The molecule has 1 aromatic rings. The van der Waals surface area contributed by atoms with E-state index in [9.17, 15) is 10.9 Å². The zero-order chi connectivity index (χ0) is 22.7. The fourth-order valence-corrected chi connectivity index (χ4v) is 5.19. The van der Waals surface area contributed by atoms with E-state index in [1.165, 1.54) is 70.6 Å².